The van der Waals surface area contributed by atoms with Crippen LogP contribution in [0.15, 0.2) is 11.4 Å². The van der Waals surface area contributed by atoms with Gasteiger partial charge in [-0.15, -0.1) is 22.7 Å². The summed E-state index contributed by atoms with van der Waals surface area (Å²) in [6, 6.07) is 2.14. The van der Waals surface area contributed by atoms with Crippen LogP contribution in [0.5, 0.6) is 0 Å². The Bertz CT molecular complexity index is 740. The smallest absolute Gasteiger partial charge is 0.229 e. The molecule has 1 amide bonds. The summed E-state index contributed by atoms with van der Waals surface area (Å²) < 4.78 is 5.81. The van der Waals surface area contributed by atoms with Gasteiger partial charge in [0.15, 0.2) is 5.13 Å². The normalized spacial score (nSPS) is 20.5. The molecule has 2 aliphatic rings. The largest absolute Gasteiger partial charge is 0.372 e. The molecule has 0 saturated heterocycles. The van der Waals surface area contributed by atoms with Crippen LogP contribution in [0.1, 0.15) is 40.5 Å². The Labute approximate surface area is 149 Å². The monoisotopic (exact) mass is 363 g/mol. The molecule has 2 aromatic heterocycles. The van der Waals surface area contributed by atoms with Gasteiger partial charge in [0, 0.05) is 29.3 Å². The molecule has 0 unspecified atom stereocenters. The third-order valence-corrected chi connectivity index (χ3v) is 6.69. The molecular formula is C17H21N3O2S2. The number of anilines is 1. The highest BCUT2D eigenvalue weighted by molar-refractivity contribution is 7.15. The predicted octanol–water partition coefficient (Wildman–Crippen LogP) is 3.23. The highest BCUT2D eigenvalue weighted by Crippen LogP contribution is 2.34. The summed E-state index contributed by atoms with van der Waals surface area (Å²) in [6.45, 7) is 5.93. The number of thiophene rings is 1. The van der Waals surface area contributed by atoms with Crippen molar-refractivity contribution in [2.75, 3.05) is 25.0 Å². The van der Waals surface area contributed by atoms with Crippen molar-refractivity contribution in [3.05, 3.63) is 32.5 Å². The number of likely N-dealkylation sites (N-methyl/N-ethyl adjacent to an activating group) is 1. The van der Waals surface area contributed by atoms with Crippen molar-refractivity contribution in [2.45, 2.75) is 38.8 Å². The van der Waals surface area contributed by atoms with Gasteiger partial charge in [-0.3, -0.25) is 9.69 Å². The lowest BCUT2D eigenvalue weighted by atomic mass is 10.1. The van der Waals surface area contributed by atoms with Crippen molar-refractivity contribution in [1.29, 1.82) is 0 Å². The van der Waals surface area contributed by atoms with Crippen LogP contribution < -0.4 is 5.32 Å². The number of nitrogens with one attached hydrogen (secondary N) is 1. The van der Waals surface area contributed by atoms with Crippen LogP contribution in [0.25, 0.3) is 0 Å². The Hall–Kier alpha value is -1.28. The molecule has 0 fully saturated rings. The van der Waals surface area contributed by atoms with Gasteiger partial charge in [0.25, 0.3) is 0 Å². The van der Waals surface area contributed by atoms with E-state index in [1.807, 2.05) is 0 Å². The predicted molar refractivity (Wildman–Crippen MR) is 96.7 cm³/mol. The van der Waals surface area contributed by atoms with Crippen molar-refractivity contribution in [3.8, 4) is 0 Å². The van der Waals surface area contributed by atoms with E-state index in [-0.39, 0.29) is 12.0 Å². The van der Waals surface area contributed by atoms with Gasteiger partial charge < -0.3 is 10.1 Å². The number of nitrogens with zero attached hydrogens (tertiary/aromatic N) is 2. The molecule has 4 rings (SSSR count). The molecule has 0 aromatic carbocycles. The third-order valence-electron chi connectivity index (χ3n) is 4.64. The number of ether oxygens (including phenoxy) is 1. The zero-order valence-electron chi connectivity index (χ0n) is 13.7. The molecule has 4 heterocycles. The average molecular weight is 364 g/mol. The number of carbonyl (C=O) groups excluding carboxylic acids is 1. The fourth-order valence-corrected chi connectivity index (χ4v) is 5.36. The van der Waals surface area contributed by atoms with E-state index in [0.717, 1.165) is 43.3 Å². The molecule has 2 aromatic rings. The maximum absolute atomic E-state index is 12.4. The zero-order chi connectivity index (χ0) is 16.5. The first kappa shape index (κ1) is 16.2. The van der Waals surface area contributed by atoms with E-state index in [1.165, 1.54) is 15.3 Å². The fourth-order valence-electron chi connectivity index (χ4n) is 3.29. The molecule has 0 radical (unpaired) electrons. The minimum absolute atomic E-state index is 0.0142. The first-order valence-corrected chi connectivity index (χ1v) is 10.1. The Morgan fingerprint density at radius 3 is 3.29 bits per heavy atom. The Morgan fingerprint density at radius 1 is 1.50 bits per heavy atom. The summed E-state index contributed by atoms with van der Waals surface area (Å²) in [5.41, 5.74) is 2.47. The number of rotatable bonds is 4. The SMILES string of the molecule is CCN1CCc2nc(NC(=O)C[C@H]3OCCc4ccsc43)sc2C1. The molecule has 1 atom stereocenters. The Kier molecular flexibility index (Phi) is 4.67. The first-order valence-electron chi connectivity index (χ1n) is 8.41. The summed E-state index contributed by atoms with van der Waals surface area (Å²) in [6.07, 6.45) is 2.17. The number of aromatic nitrogens is 1. The number of carbonyl (C=O) groups is 1. The van der Waals surface area contributed by atoms with Crippen LogP contribution in [-0.4, -0.2) is 35.5 Å². The lowest BCUT2D eigenvalue weighted by Crippen LogP contribution is -2.29. The lowest BCUT2D eigenvalue weighted by Gasteiger charge is -2.23. The molecule has 0 aliphatic carbocycles. The summed E-state index contributed by atoms with van der Waals surface area (Å²) in [4.78, 5) is 21.9. The minimum Gasteiger partial charge on any atom is -0.372 e. The van der Waals surface area contributed by atoms with E-state index in [1.54, 1.807) is 22.7 Å². The molecule has 128 valence electrons. The van der Waals surface area contributed by atoms with Gasteiger partial charge >= 0.3 is 0 Å². The number of hydrogen-bond donors (Lipinski definition) is 1. The Morgan fingerprint density at radius 2 is 2.42 bits per heavy atom. The minimum atomic E-state index is -0.112. The van der Waals surface area contributed by atoms with Crippen LogP contribution in [-0.2, 0) is 28.9 Å². The molecule has 5 nitrogen and oxygen atoms in total. The highest BCUT2D eigenvalue weighted by atomic mass is 32.1. The van der Waals surface area contributed by atoms with E-state index in [9.17, 15) is 4.79 Å². The van der Waals surface area contributed by atoms with Crippen molar-refractivity contribution in [1.82, 2.24) is 9.88 Å². The van der Waals surface area contributed by atoms with Crippen LogP contribution in [0, 0.1) is 0 Å². The molecule has 0 spiro atoms. The van der Waals surface area contributed by atoms with Crippen LogP contribution >= 0.6 is 22.7 Å². The molecular weight excluding hydrogens is 342 g/mol. The second-order valence-corrected chi connectivity index (χ2v) is 8.21. The van der Waals surface area contributed by atoms with Gasteiger partial charge in [-0.1, -0.05) is 6.92 Å². The molecule has 0 saturated carbocycles. The van der Waals surface area contributed by atoms with Crippen molar-refractivity contribution in [2.24, 2.45) is 0 Å². The number of thiazole rings is 1. The molecule has 1 N–H and O–H groups in total. The fraction of sp³-hybridized carbons (Fsp3) is 0.529. The molecule has 7 heteroatoms. The second kappa shape index (κ2) is 6.92. The van der Waals surface area contributed by atoms with Crippen LogP contribution in [0.2, 0.25) is 0 Å². The summed E-state index contributed by atoms with van der Waals surface area (Å²) in [5, 5.41) is 5.79. The quantitative estimate of drug-likeness (QED) is 0.906. The van der Waals surface area contributed by atoms with Crippen molar-refractivity contribution < 1.29 is 9.53 Å². The van der Waals surface area contributed by atoms with E-state index in [0.29, 0.717) is 13.0 Å². The second-order valence-electron chi connectivity index (χ2n) is 6.18. The topological polar surface area (TPSA) is 54.5 Å². The third kappa shape index (κ3) is 3.26. The van der Waals surface area contributed by atoms with Crippen LogP contribution in [0.4, 0.5) is 5.13 Å². The van der Waals surface area contributed by atoms with Gasteiger partial charge in [-0.2, -0.15) is 0 Å². The summed E-state index contributed by atoms with van der Waals surface area (Å²) >= 11 is 3.29. The number of amides is 1. The highest BCUT2D eigenvalue weighted by Gasteiger charge is 2.26. The van der Waals surface area contributed by atoms with E-state index in [2.05, 4.69) is 33.6 Å². The van der Waals surface area contributed by atoms with E-state index >= 15 is 0 Å². The molecule has 0 bridgehead atoms. The van der Waals surface area contributed by atoms with E-state index in [4.69, 9.17) is 4.74 Å². The molecule has 2 aliphatic heterocycles. The average Bonchev–Trinajstić information content (AvgIpc) is 3.20. The first-order chi connectivity index (χ1) is 11.7. The Balaban J connectivity index is 1.40. The summed E-state index contributed by atoms with van der Waals surface area (Å²) in [5.74, 6) is -0.0142. The maximum Gasteiger partial charge on any atom is 0.229 e. The van der Waals surface area contributed by atoms with E-state index < -0.39 is 0 Å². The van der Waals surface area contributed by atoms with Crippen molar-refractivity contribution in [3.63, 3.8) is 0 Å². The van der Waals surface area contributed by atoms with Gasteiger partial charge in [0.2, 0.25) is 5.91 Å². The number of fused-ring (bicyclic) bond motifs is 2. The van der Waals surface area contributed by atoms with Crippen molar-refractivity contribution >= 4 is 33.7 Å². The molecule has 24 heavy (non-hydrogen) atoms. The van der Waals surface area contributed by atoms with Crippen LogP contribution in [0.3, 0.4) is 0 Å². The zero-order valence-corrected chi connectivity index (χ0v) is 15.3. The standard InChI is InChI=1S/C17H21N3O2S2/c1-2-20-6-3-12-14(10-20)24-17(18-12)19-15(21)9-13-16-11(4-7-22-13)5-8-23-16/h5,8,13H,2-4,6-7,9-10H2,1H3,(H,18,19,21)/t13-/m1/s1. The van der Waals surface area contributed by atoms with Gasteiger partial charge in [0.05, 0.1) is 18.7 Å². The van der Waals surface area contributed by atoms with Gasteiger partial charge in [-0.25, -0.2) is 4.98 Å². The number of hydrogen-bond acceptors (Lipinski definition) is 6. The lowest BCUT2D eigenvalue weighted by molar-refractivity contribution is -0.119. The maximum atomic E-state index is 12.4. The van der Waals surface area contributed by atoms with Gasteiger partial charge in [0.1, 0.15) is 6.10 Å². The van der Waals surface area contributed by atoms with Gasteiger partial charge in [-0.05, 0) is 30.0 Å². The summed E-state index contributed by atoms with van der Waals surface area (Å²) in [7, 11) is 0.